The maximum Gasteiger partial charge on any atom is 0.326 e. The maximum absolute atomic E-state index is 12.5. The second-order valence-electron chi connectivity index (χ2n) is 6.52. The summed E-state index contributed by atoms with van der Waals surface area (Å²) in [4.78, 5) is 25.5. The molecule has 0 radical (unpaired) electrons. The van der Waals surface area contributed by atoms with Gasteiger partial charge >= 0.3 is 6.03 Å². The van der Waals surface area contributed by atoms with Crippen LogP contribution in [0.15, 0.2) is 0 Å². The van der Waals surface area contributed by atoms with Crippen LogP contribution < -0.4 is 5.32 Å². The lowest BCUT2D eigenvalue weighted by Crippen LogP contribution is -2.54. The molecule has 1 saturated heterocycles. The summed E-state index contributed by atoms with van der Waals surface area (Å²) in [6.45, 7) is 6.48. The standard InChI is InChI=1S/C13H22N2O3/c1-9-5-12(2,3)7-13(6-9)10(16)15(8-18-4)11(17)14-13/h9H,5-8H2,1-4H3,(H,14,17)/t9-,13+/m0/s1. The fraction of sp³-hybridized carbons (Fsp3) is 0.846. The average molecular weight is 254 g/mol. The molecule has 0 aromatic carbocycles. The lowest BCUT2D eigenvalue weighted by Gasteiger charge is -2.43. The zero-order valence-corrected chi connectivity index (χ0v) is 11.6. The number of carbonyl (C=O) groups excluding carboxylic acids is 2. The first-order valence-corrected chi connectivity index (χ1v) is 6.43. The van der Waals surface area contributed by atoms with Crippen LogP contribution in [0.5, 0.6) is 0 Å². The van der Waals surface area contributed by atoms with Crippen LogP contribution in [-0.2, 0) is 9.53 Å². The Morgan fingerprint density at radius 3 is 2.61 bits per heavy atom. The van der Waals surface area contributed by atoms with Crippen molar-refractivity contribution in [3.05, 3.63) is 0 Å². The van der Waals surface area contributed by atoms with Crippen LogP contribution in [0.1, 0.15) is 40.0 Å². The summed E-state index contributed by atoms with van der Waals surface area (Å²) in [6.07, 6.45) is 2.51. The summed E-state index contributed by atoms with van der Waals surface area (Å²) in [6, 6.07) is -0.327. The Labute approximate surface area is 108 Å². The first kappa shape index (κ1) is 13.3. The molecule has 5 heteroatoms. The number of hydrogen-bond donors (Lipinski definition) is 1. The van der Waals surface area contributed by atoms with E-state index in [1.165, 1.54) is 12.0 Å². The summed E-state index contributed by atoms with van der Waals surface area (Å²) in [5, 5.41) is 2.90. The van der Waals surface area contributed by atoms with Gasteiger partial charge in [0, 0.05) is 7.11 Å². The molecule has 1 N–H and O–H groups in total. The predicted octanol–water partition coefficient (Wildman–Crippen LogP) is 1.73. The Morgan fingerprint density at radius 2 is 2.06 bits per heavy atom. The third-order valence-corrected chi connectivity index (χ3v) is 3.88. The van der Waals surface area contributed by atoms with E-state index < -0.39 is 5.54 Å². The van der Waals surface area contributed by atoms with Gasteiger partial charge in [0.05, 0.1) is 0 Å². The van der Waals surface area contributed by atoms with Crippen LogP contribution in [0.2, 0.25) is 0 Å². The number of urea groups is 1. The van der Waals surface area contributed by atoms with Crippen LogP contribution >= 0.6 is 0 Å². The first-order valence-electron chi connectivity index (χ1n) is 6.43. The normalized spacial score (nSPS) is 35.1. The molecule has 1 aliphatic carbocycles. The van der Waals surface area contributed by atoms with Crippen molar-refractivity contribution in [3.63, 3.8) is 0 Å². The van der Waals surface area contributed by atoms with Crippen molar-refractivity contribution in [2.45, 2.75) is 45.6 Å². The first-order chi connectivity index (χ1) is 8.30. The van der Waals surface area contributed by atoms with E-state index in [0.29, 0.717) is 12.3 Å². The summed E-state index contributed by atoms with van der Waals surface area (Å²) < 4.78 is 4.92. The van der Waals surface area contributed by atoms with E-state index in [1.54, 1.807) is 0 Å². The number of nitrogens with one attached hydrogen (secondary N) is 1. The van der Waals surface area contributed by atoms with Gasteiger partial charge < -0.3 is 10.1 Å². The van der Waals surface area contributed by atoms with Crippen molar-refractivity contribution in [1.82, 2.24) is 10.2 Å². The van der Waals surface area contributed by atoms with Gasteiger partial charge in [0.2, 0.25) is 0 Å². The fourth-order valence-electron chi connectivity index (χ4n) is 3.75. The van der Waals surface area contributed by atoms with Gasteiger partial charge in [-0.3, -0.25) is 4.79 Å². The van der Waals surface area contributed by atoms with Gasteiger partial charge in [-0.25, -0.2) is 9.69 Å². The minimum absolute atomic E-state index is 0.0290. The highest BCUT2D eigenvalue weighted by molar-refractivity contribution is 6.07. The van der Waals surface area contributed by atoms with Crippen LogP contribution in [0.3, 0.4) is 0 Å². The van der Waals surface area contributed by atoms with Crippen molar-refractivity contribution in [2.75, 3.05) is 13.8 Å². The summed E-state index contributed by atoms with van der Waals surface area (Å²) >= 11 is 0. The highest BCUT2D eigenvalue weighted by Gasteiger charge is 2.56. The Morgan fingerprint density at radius 1 is 1.39 bits per heavy atom. The SMILES string of the molecule is COCN1C(=O)N[C@@]2(C[C@@H](C)CC(C)(C)C2)C1=O. The number of hydrogen-bond acceptors (Lipinski definition) is 3. The van der Waals surface area contributed by atoms with E-state index in [2.05, 4.69) is 26.1 Å². The van der Waals surface area contributed by atoms with Gasteiger partial charge in [0.15, 0.2) is 0 Å². The highest BCUT2D eigenvalue weighted by Crippen LogP contribution is 2.46. The summed E-state index contributed by atoms with van der Waals surface area (Å²) in [5.74, 6) is 0.300. The van der Waals surface area contributed by atoms with Crippen LogP contribution in [0.25, 0.3) is 0 Å². The fourth-order valence-corrected chi connectivity index (χ4v) is 3.75. The molecule has 2 rings (SSSR count). The Balaban J connectivity index is 2.27. The molecule has 0 aromatic heterocycles. The lowest BCUT2D eigenvalue weighted by atomic mass is 9.64. The monoisotopic (exact) mass is 254 g/mol. The van der Waals surface area contributed by atoms with Crippen LogP contribution in [0, 0.1) is 11.3 Å². The largest absolute Gasteiger partial charge is 0.364 e. The molecule has 0 bridgehead atoms. The molecule has 3 amide bonds. The predicted molar refractivity (Wildman–Crippen MR) is 66.8 cm³/mol. The van der Waals surface area contributed by atoms with Crippen molar-refractivity contribution >= 4 is 11.9 Å². The van der Waals surface area contributed by atoms with E-state index in [0.717, 1.165) is 12.8 Å². The molecule has 0 unspecified atom stereocenters. The Bertz CT molecular complexity index is 380. The van der Waals surface area contributed by atoms with Gasteiger partial charge in [-0.05, 0) is 30.6 Å². The van der Waals surface area contributed by atoms with Crippen molar-refractivity contribution in [3.8, 4) is 0 Å². The van der Waals surface area contributed by atoms with E-state index >= 15 is 0 Å². The molecule has 5 nitrogen and oxygen atoms in total. The van der Waals surface area contributed by atoms with Crippen molar-refractivity contribution in [1.29, 1.82) is 0 Å². The Hall–Kier alpha value is -1.10. The topological polar surface area (TPSA) is 58.6 Å². The molecule has 2 aliphatic rings. The zero-order chi connectivity index (χ0) is 13.6. The molecular weight excluding hydrogens is 232 g/mol. The van der Waals surface area contributed by atoms with Crippen LogP contribution in [-0.4, -0.2) is 36.2 Å². The number of rotatable bonds is 2. The zero-order valence-electron chi connectivity index (χ0n) is 11.6. The highest BCUT2D eigenvalue weighted by atomic mass is 16.5. The quantitative estimate of drug-likeness (QED) is 0.763. The molecule has 102 valence electrons. The number of imide groups is 1. The number of ether oxygens (including phenoxy) is 1. The molecule has 2 fully saturated rings. The number of nitrogens with zero attached hydrogens (tertiary/aromatic N) is 1. The van der Waals surface area contributed by atoms with E-state index in [9.17, 15) is 9.59 Å². The summed E-state index contributed by atoms with van der Waals surface area (Å²) in [7, 11) is 1.49. The van der Waals surface area contributed by atoms with E-state index in [4.69, 9.17) is 4.74 Å². The third kappa shape index (κ3) is 2.11. The number of amides is 3. The number of carbonyl (C=O) groups is 2. The number of methoxy groups -OCH3 is 1. The smallest absolute Gasteiger partial charge is 0.326 e. The third-order valence-electron chi connectivity index (χ3n) is 3.88. The van der Waals surface area contributed by atoms with Gasteiger partial charge in [-0.1, -0.05) is 20.8 Å². The Kier molecular flexibility index (Phi) is 3.13. The van der Waals surface area contributed by atoms with Gasteiger partial charge in [-0.2, -0.15) is 0 Å². The molecule has 2 atom stereocenters. The molecule has 18 heavy (non-hydrogen) atoms. The minimum atomic E-state index is -0.712. The molecule has 1 saturated carbocycles. The van der Waals surface area contributed by atoms with Gasteiger partial charge in [0.25, 0.3) is 5.91 Å². The average Bonchev–Trinajstić information content (AvgIpc) is 2.39. The van der Waals surface area contributed by atoms with Gasteiger partial charge in [0.1, 0.15) is 12.3 Å². The maximum atomic E-state index is 12.5. The minimum Gasteiger partial charge on any atom is -0.364 e. The second-order valence-corrected chi connectivity index (χ2v) is 6.52. The molecule has 1 aliphatic heterocycles. The van der Waals surface area contributed by atoms with E-state index in [1.807, 2.05) is 0 Å². The second kappa shape index (κ2) is 4.23. The lowest BCUT2D eigenvalue weighted by molar-refractivity contribution is -0.137. The van der Waals surface area contributed by atoms with E-state index in [-0.39, 0.29) is 24.1 Å². The summed E-state index contributed by atoms with van der Waals surface area (Å²) in [5.41, 5.74) is -0.638. The van der Waals surface area contributed by atoms with Crippen LogP contribution in [0.4, 0.5) is 4.79 Å². The molecular formula is C13H22N2O3. The molecule has 0 aromatic rings. The molecule has 1 spiro atoms. The van der Waals surface area contributed by atoms with Gasteiger partial charge in [-0.15, -0.1) is 0 Å². The molecule has 1 heterocycles. The van der Waals surface area contributed by atoms with Crippen molar-refractivity contribution < 1.29 is 14.3 Å². The van der Waals surface area contributed by atoms with Crippen molar-refractivity contribution in [2.24, 2.45) is 11.3 Å².